The van der Waals surface area contributed by atoms with E-state index in [9.17, 15) is 14.0 Å². The van der Waals surface area contributed by atoms with E-state index in [1.807, 2.05) is 4.90 Å². The van der Waals surface area contributed by atoms with Crippen molar-refractivity contribution in [3.05, 3.63) is 35.8 Å². The third-order valence-corrected chi connectivity index (χ3v) is 4.72. The van der Waals surface area contributed by atoms with Crippen LogP contribution >= 0.6 is 0 Å². The van der Waals surface area contributed by atoms with Crippen molar-refractivity contribution in [1.29, 1.82) is 0 Å². The highest BCUT2D eigenvalue weighted by atomic mass is 19.1. The molecule has 0 bridgehead atoms. The Bertz CT molecular complexity index is 729. The SMILES string of the molecule is CCN1CCN(c2ccc(NC3=CC(=O)N(CCO)C3=O)cc2F)CC1. The molecule has 2 amide bonds. The second-order valence-electron chi connectivity index (χ2n) is 6.29. The highest BCUT2D eigenvalue weighted by Crippen LogP contribution is 2.25. The molecule has 0 unspecified atom stereocenters. The van der Waals surface area contributed by atoms with Crippen LogP contribution in [-0.4, -0.2) is 72.6 Å². The van der Waals surface area contributed by atoms with Gasteiger partial charge < -0.3 is 20.2 Å². The zero-order valence-electron chi connectivity index (χ0n) is 14.7. The van der Waals surface area contributed by atoms with Crippen molar-refractivity contribution >= 4 is 23.2 Å². The smallest absolute Gasteiger partial charge is 0.277 e. The molecular weight excluding hydrogens is 339 g/mol. The molecule has 0 atom stereocenters. The molecule has 26 heavy (non-hydrogen) atoms. The van der Waals surface area contributed by atoms with Crippen LogP contribution in [-0.2, 0) is 9.59 Å². The predicted octanol–water partition coefficient (Wildman–Crippen LogP) is 0.625. The molecule has 3 rings (SSSR count). The highest BCUT2D eigenvalue weighted by molar-refractivity contribution is 6.17. The van der Waals surface area contributed by atoms with E-state index in [1.54, 1.807) is 12.1 Å². The lowest BCUT2D eigenvalue weighted by molar-refractivity contribution is -0.137. The van der Waals surface area contributed by atoms with Crippen molar-refractivity contribution in [2.75, 3.05) is 56.1 Å². The van der Waals surface area contributed by atoms with E-state index in [-0.39, 0.29) is 24.7 Å². The standard InChI is InChI=1S/C18H23FN4O3/c1-2-21-5-7-22(8-6-21)16-4-3-13(11-14(16)19)20-15-12-17(25)23(9-10-24)18(15)26/h3-4,11-12,20,24H,2,5-10H2,1H3. The molecular formula is C18H23FN4O3. The van der Waals surface area contributed by atoms with Crippen molar-refractivity contribution in [2.45, 2.75) is 6.92 Å². The van der Waals surface area contributed by atoms with Gasteiger partial charge in [-0.05, 0) is 24.7 Å². The molecule has 140 valence electrons. The Morgan fingerprint density at radius 2 is 1.92 bits per heavy atom. The van der Waals surface area contributed by atoms with Crippen LogP contribution in [0.2, 0.25) is 0 Å². The molecule has 8 heteroatoms. The van der Waals surface area contributed by atoms with Gasteiger partial charge in [-0.2, -0.15) is 0 Å². The third-order valence-electron chi connectivity index (χ3n) is 4.72. The van der Waals surface area contributed by atoms with Crippen molar-refractivity contribution in [3.63, 3.8) is 0 Å². The maximum Gasteiger partial charge on any atom is 0.277 e. The number of carbonyl (C=O) groups excluding carboxylic acids is 2. The molecule has 2 aliphatic rings. The molecule has 1 fully saturated rings. The number of nitrogens with one attached hydrogen (secondary N) is 1. The normalized spacial score (nSPS) is 18.5. The monoisotopic (exact) mass is 362 g/mol. The molecule has 7 nitrogen and oxygen atoms in total. The van der Waals surface area contributed by atoms with Gasteiger partial charge in [-0.15, -0.1) is 0 Å². The number of β-amino-alcohol motifs (C(OH)–C–C–N with tert-alkyl or cyclic N) is 1. The van der Waals surface area contributed by atoms with Crippen LogP contribution in [0.25, 0.3) is 0 Å². The molecule has 0 aliphatic carbocycles. The third kappa shape index (κ3) is 3.71. The number of benzene rings is 1. The fourth-order valence-electron chi connectivity index (χ4n) is 3.21. The van der Waals surface area contributed by atoms with Gasteiger partial charge in [0.15, 0.2) is 0 Å². The summed E-state index contributed by atoms with van der Waals surface area (Å²) < 4.78 is 14.5. The van der Waals surface area contributed by atoms with Gasteiger partial charge in [-0.3, -0.25) is 14.5 Å². The van der Waals surface area contributed by atoms with Crippen LogP contribution in [0.15, 0.2) is 30.0 Å². The number of rotatable bonds is 6. The fraction of sp³-hybridized carbons (Fsp3) is 0.444. The zero-order valence-corrected chi connectivity index (χ0v) is 14.7. The molecule has 2 aliphatic heterocycles. The first-order valence-corrected chi connectivity index (χ1v) is 8.75. The largest absolute Gasteiger partial charge is 0.395 e. The Labute approximate surface area is 151 Å². The van der Waals surface area contributed by atoms with Crippen molar-refractivity contribution in [2.24, 2.45) is 0 Å². The summed E-state index contributed by atoms with van der Waals surface area (Å²) in [6.07, 6.45) is 1.16. The molecule has 0 radical (unpaired) electrons. The van der Waals surface area contributed by atoms with E-state index < -0.39 is 11.8 Å². The molecule has 1 aromatic carbocycles. The number of halogens is 1. The number of aliphatic hydroxyl groups is 1. The Hall–Kier alpha value is -2.45. The fourth-order valence-corrected chi connectivity index (χ4v) is 3.21. The first kappa shape index (κ1) is 18.3. The minimum Gasteiger partial charge on any atom is -0.395 e. The van der Waals surface area contributed by atoms with Crippen LogP contribution in [0.5, 0.6) is 0 Å². The number of aliphatic hydroxyl groups excluding tert-OH is 1. The van der Waals surface area contributed by atoms with Gasteiger partial charge in [0.1, 0.15) is 11.5 Å². The molecule has 0 aromatic heterocycles. The van der Waals surface area contributed by atoms with Gasteiger partial charge in [-0.1, -0.05) is 6.92 Å². The van der Waals surface area contributed by atoms with E-state index in [0.717, 1.165) is 43.7 Å². The average Bonchev–Trinajstić information content (AvgIpc) is 2.90. The van der Waals surface area contributed by atoms with Crippen molar-refractivity contribution in [3.8, 4) is 0 Å². The molecule has 2 N–H and O–H groups in total. The Balaban J connectivity index is 1.68. The van der Waals surface area contributed by atoms with Gasteiger partial charge in [0.2, 0.25) is 0 Å². The lowest BCUT2D eigenvalue weighted by Crippen LogP contribution is -2.46. The van der Waals surface area contributed by atoms with Crippen LogP contribution in [0.4, 0.5) is 15.8 Å². The van der Waals surface area contributed by atoms with E-state index in [0.29, 0.717) is 11.4 Å². The quantitative estimate of drug-likeness (QED) is 0.723. The number of nitrogens with zero attached hydrogens (tertiary/aromatic N) is 3. The number of piperazine rings is 1. The Kier molecular flexibility index (Phi) is 5.53. The minimum atomic E-state index is -0.524. The number of amides is 2. The maximum absolute atomic E-state index is 14.5. The van der Waals surface area contributed by atoms with Gasteiger partial charge in [0, 0.05) is 37.9 Å². The van der Waals surface area contributed by atoms with E-state index >= 15 is 0 Å². The van der Waals surface area contributed by atoms with Gasteiger partial charge in [0.25, 0.3) is 11.8 Å². The topological polar surface area (TPSA) is 76.1 Å². The zero-order chi connectivity index (χ0) is 18.7. The van der Waals surface area contributed by atoms with Gasteiger partial charge in [-0.25, -0.2) is 4.39 Å². The summed E-state index contributed by atoms with van der Waals surface area (Å²) in [4.78, 5) is 29.1. The van der Waals surface area contributed by atoms with Gasteiger partial charge in [0.05, 0.1) is 18.8 Å². The molecule has 1 saturated heterocycles. The van der Waals surface area contributed by atoms with E-state index in [2.05, 4.69) is 17.1 Å². The summed E-state index contributed by atoms with van der Waals surface area (Å²) in [5.41, 5.74) is 1.01. The number of likely N-dealkylation sites (N-methyl/N-ethyl adjacent to an activating group) is 1. The lowest BCUT2D eigenvalue weighted by Gasteiger charge is -2.35. The van der Waals surface area contributed by atoms with Crippen LogP contribution in [0.1, 0.15) is 6.92 Å². The maximum atomic E-state index is 14.5. The Morgan fingerprint density at radius 3 is 2.54 bits per heavy atom. The van der Waals surface area contributed by atoms with Crippen LogP contribution in [0.3, 0.4) is 0 Å². The summed E-state index contributed by atoms with van der Waals surface area (Å²) in [5.74, 6) is -1.38. The molecule has 2 heterocycles. The summed E-state index contributed by atoms with van der Waals surface area (Å²) in [7, 11) is 0. The molecule has 1 aromatic rings. The molecule has 0 saturated carbocycles. The summed E-state index contributed by atoms with van der Waals surface area (Å²) >= 11 is 0. The highest BCUT2D eigenvalue weighted by Gasteiger charge is 2.30. The number of hydrogen-bond acceptors (Lipinski definition) is 6. The number of anilines is 2. The second kappa shape index (κ2) is 7.84. The summed E-state index contributed by atoms with van der Waals surface area (Å²) in [5, 5.41) is 11.7. The first-order chi connectivity index (χ1) is 12.5. The van der Waals surface area contributed by atoms with Crippen LogP contribution in [0, 0.1) is 5.82 Å². The Morgan fingerprint density at radius 1 is 1.19 bits per heavy atom. The van der Waals surface area contributed by atoms with E-state index in [1.165, 1.54) is 6.07 Å². The average molecular weight is 362 g/mol. The van der Waals surface area contributed by atoms with Gasteiger partial charge >= 0.3 is 0 Å². The number of imide groups is 1. The number of carbonyl (C=O) groups is 2. The van der Waals surface area contributed by atoms with E-state index in [4.69, 9.17) is 5.11 Å². The minimum absolute atomic E-state index is 0.0591. The number of hydrogen-bond donors (Lipinski definition) is 2. The summed E-state index contributed by atoms with van der Waals surface area (Å²) in [6.45, 7) is 6.10. The summed E-state index contributed by atoms with van der Waals surface area (Å²) in [6, 6.07) is 4.71. The van der Waals surface area contributed by atoms with Crippen LogP contribution < -0.4 is 10.2 Å². The van der Waals surface area contributed by atoms with Crippen molar-refractivity contribution < 1.29 is 19.1 Å². The van der Waals surface area contributed by atoms with Crippen molar-refractivity contribution in [1.82, 2.24) is 9.80 Å². The second-order valence-corrected chi connectivity index (χ2v) is 6.29. The lowest BCUT2D eigenvalue weighted by atomic mass is 10.2. The predicted molar refractivity (Wildman–Crippen MR) is 96.2 cm³/mol. The first-order valence-electron chi connectivity index (χ1n) is 8.75. The molecule has 0 spiro atoms.